The van der Waals surface area contributed by atoms with Crippen molar-refractivity contribution in [1.82, 2.24) is 0 Å². The molecule has 3 heteroatoms. The third-order valence-electron chi connectivity index (χ3n) is 2.47. The average molecular weight is 220 g/mol. The molecule has 0 aliphatic rings. The summed E-state index contributed by atoms with van der Waals surface area (Å²) in [5, 5.41) is 8.45. The van der Waals surface area contributed by atoms with Crippen LogP contribution in [-0.2, 0) is 11.2 Å². The van der Waals surface area contributed by atoms with E-state index in [1.807, 2.05) is 12.1 Å². The maximum absolute atomic E-state index is 10.4. The number of unbranched alkanes of at least 4 members (excludes halogenated alkanes) is 2. The molecule has 0 aliphatic carbocycles. The first-order valence-corrected chi connectivity index (χ1v) is 5.48. The quantitative estimate of drug-likeness (QED) is 0.567. The number of aryl methyl sites for hydroxylation is 1. The van der Waals surface area contributed by atoms with E-state index in [0.717, 1.165) is 32.0 Å². The van der Waals surface area contributed by atoms with E-state index in [-0.39, 0.29) is 6.42 Å². The van der Waals surface area contributed by atoms with Gasteiger partial charge < -0.3 is 5.11 Å². The molecule has 1 N–H and O–H groups in total. The summed E-state index contributed by atoms with van der Waals surface area (Å²) in [5.41, 5.74) is 1.88. The van der Waals surface area contributed by atoms with Gasteiger partial charge in [-0.1, -0.05) is 30.7 Å². The Hall–Kier alpha value is -1.64. The van der Waals surface area contributed by atoms with Crippen LogP contribution in [0, 0.1) is 0 Å². The summed E-state index contributed by atoms with van der Waals surface area (Å²) in [6, 6.07) is 7.50. The van der Waals surface area contributed by atoms with Gasteiger partial charge in [-0.15, -0.1) is 0 Å². The second-order valence-corrected chi connectivity index (χ2v) is 3.81. The van der Waals surface area contributed by atoms with Gasteiger partial charge >= 0.3 is 5.97 Å². The minimum absolute atomic E-state index is 0.254. The SMILES string of the molecule is O=Cc1ccc(CCCCCC(=O)O)cc1. The van der Waals surface area contributed by atoms with Crippen molar-refractivity contribution in [1.29, 1.82) is 0 Å². The lowest BCUT2D eigenvalue weighted by Crippen LogP contribution is -1.94. The van der Waals surface area contributed by atoms with Crippen LogP contribution in [0.25, 0.3) is 0 Å². The number of aliphatic carboxylic acids is 1. The largest absolute Gasteiger partial charge is 0.481 e. The van der Waals surface area contributed by atoms with Gasteiger partial charge in [-0.25, -0.2) is 0 Å². The molecule has 86 valence electrons. The van der Waals surface area contributed by atoms with Gasteiger partial charge in [-0.3, -0.25) is 9.59 Å². The minimum Gasteiger partial charge on any atom is -0.481 e. The molecule has 0 saturated carbocycles. The fourth-order valence-corrected chi connectivity index (χ4v) is 1.54. The van der Waals surface area contributed by atoms with E-state index in [1.165, 1.54) is 5.56 Å². The van der Waals surface area contributed by atoms with Gasteiger partial charge in [0.1, 0.15) is 6.29 Å². The zero-order chi connectivity index (χ0) is 11.8. The summed E-state index contributed by atoms with van der Waals surface area (Å²) in [6.07, 6.45) is 4.69. The first kappa shape index (κ1) is 12.4. The van der Waals surface area contributed by atoms with Crippen LogP contribution in [0.3, 0.4) is 0 Å². The predicted molar refractivity (Wildman–Crippen MR) is 61.6 cm³/mol. The number of carboxylic acids is 1. The van der Waals surface area contributed by atoms with Gasteiger partial charge in [0.15, 0.2) is 0 Å². The monoisotopic (exact) mass is 220 g/mol. The fourth-order valence-electron chi connectivity index (χ4n) is 1.54. The molecule has 1 rings (SSSR count). The molecule has 0 atom stereocenters. The van der Waals surface area contributed by atoms with Crippen molar-refractivity contribution in [3.63, 3.8) is 0 Å². The first-order chi connectivity index (χ1) is 7.72. The number of carboxylic acid groups (broad SMARTS) is 1. The van der Waals surface area contributed by atoms with Gasteiger partial charge in [0.25, 0.3) is 0 Å². The molecule has 0 aliphatic heterocycles. The maximum atomic E-state index is 10.4. The van der Waals surface area contributed by atoms with E-state index in [9.17, 15) is 9.59 Å². The van der Waals surface area contributed by atoms with Crippen molar-refractivity contribution < 1.29 is 14.7 Å². The van der Waals surface area contributed by atoms with Gasteiger partial charge in [-0.2, -0.15) is 0 Å². The van der Waals surface area contributed by atoms with E-state index in [1.54, 1.807) is 12.1 Å². The first-order valence-electron chi connectivity index (χ1n) is 5.48. The van der Waals surface area contributed by atoms with Crippen molar-refractivity contribution in [3.05, 3.63) is 35.4 Å². The van der Waals surface area contributed by atoms with E-state index < -0.39 is 5.97 Å². The highest BCUT2D eigenvalue weighted by molar-refractivity contribution is 5.74. The van der Waals surface area contributed by atoms with Crippen LogP contribution in [0.5, 0.6) is 0 Å². The standard InChI is InChI=1S/C13H16O3/c14-10-12-8-6-11(7-9-12)4-2-1-3-5-13(15)16/h6-10H,1-5H2,(H,15,16). The third-order valence-corrected chi connectivity index (χ3v) is 2.47. The molecule has 0 radical (unpaired) electrons. The highest BCUT2D eigenvalue weighted by Gasteiger charge is 1.97. The topological polar surface area (TPSA) is 54.4 Å². The molecule has 1 aromatic carbocycles. The van der Waals surface area contributed by atoms with E-state index in [0.29, 0.717) is 5.56 Å². The summed E-state index contributed by atoms with van der Waals surface area (Å²) in [5.74, 6) is -0.727. The van der Waals surface area contributed by atoms with E-state index in [2.05, 4.69) is 0 Å². The number of benzene rings is 1. The average Bonchev–Trinajstić information content (AvgIpc) is 2.29. The van der Waals surface area contributed by atoms with Crippen molar-refractivity contribution in [2.75, 3.05) is 0 Å². The summed E-state index contributed by atoms with van der Waals surface area (Å²) >= 11 is 0. The van der Waals surface area contributed by atoms with Crippen LogP contribution in [0.2, 0.25) is 0 Å². The molecule has 1 aromatic rings. The lowest BCUT2D eigenvalue weighted by molar-refractivity contribution is -0.137. The Bertz CT molecular complexity index is 341. The van der Waals surface area contributed by atoms with Crippen LogP contribution < -0.4 is 0 Å². The van der Waals surface area contributed by atoms with Gasteiger partial charge in [0.2, 0.25) is 0 Å². The number of hydrogen-bond acceptors (Lipinski definition) is 2. The molecular weight excluding hydrogens is 204 g/mol. The number of rotatable bonds is 7. The Morgan fingerprint density at radius 3 is 2.38 bits per heavy atom. The highest BCUT2D eigenvalue weighted by Crippen LogP contribution is 2.08. The lowest BCUT2D eigenvalue weighted by atomic mass is 10.0. The molecule has 16 heavy (non-hydrogen) atoms. The van der Waals surface area contributed by atoms with Crippen LogP contribution in [0.4, 0.5) is 0 Å². The van der Waals surface area contributed by atoms with Gasteiger partial charge in [0, 0.05) is 12.0 Å². The Kier molecular flexibility index (Phi) is 5.26. The third kappa shape index (κ3) is 4.73. The van der Waals surface area contributed by atoms with Crippen LogP contribution in [0.15, 0.2) is 24.3 Å². The van der Waals surface area contributed by atoms with Crippen LogP contribution in [0.1, 0.15) is 41.6 Å². The lowest BCUT2D eigenvalue weighted by Gasteiger charge is -2.01. The molecule has 0 aromatic heterocycles. The van der Waals surface area contributed by atoms with E-state index >= 15 is 0 Å². The Morgan fingerprint density at radius 1 is 1.12 bits per heavy atom. The Balaban J connectivity index is 2.21. The highest BCUT2D eigenvalue weighted by atomic mass is 16.4. The predicted octanol–water partition coefficient (Wildman–Crippen LogP) is 2.69. The van der Waals surface area contributed by atoms with Crippen molar-refractivity contribution in [2.24, 2.45) is 0 Å². The fraction of sp³-hybridized carbons (Fsp3) is 0.385. The smallest absolute Gasteiger partial charge is 0.303 e. The molecule has 0 heterocycles. The maximum Gasteiger partial charge on any atom is 0.303 e. The van der Waals surface area contributed by atoms with Crippen molar-refractivity contribution in [3.8, 4) is 0 Å². The molecule has 3 nitrogen and oxygen atoms in total. The summed E-state index contributed by atoms with van der Waals surface area (Å²) < 4.78 is 0. The van der Waals surface area contributed by atoms with Crippen molar-refractivity contribution >= 4 is 12.3 Å². The van der Waals surface area contributed by atoms with Crippen molar-refractivity contribution in [2.45, 2.75) is 32.1 Å². The number of aldehydes is 1. The molecule has 0 fully saturated rings. The number of hydrogen-bond donors (Lipinski definition) is 1. The Labute approximate surface area is 95.1 Å². The number of carbonyl (C=O) groups is 2. The molecule has 0 spiro atoms. The van der Waals surface area contributed by atoms with Gasteiger partial charge in [0.05, 0.1) is 0 Å². The van der Waals surface area contributed by atoms with Gasteiger partial charge in [-0.05, 0) is 24.8 Å². The zero-order valence-electron chi connectivity index (χ0n) is 9.19. The molecule has 0 saturated heterocycles. The summed E-state index contributed by atoms with van der Waals surface area (Å²) in [6.45, 7) is 0. The van der Waals surface area contributed by atoms with Crippen LogP contribution in [-0.4, -0.2) is 17.4 Å². The molecule has 0 amide bonds. The van der Waals surface area contributed by atoms with E-state index in [4.69, 9.17) is 5.11 Å². The van der Waals surface area contributed by atoms with Crippen LogP contribution >= 0.6 is 0 Å². The second kappa shape index (κ2) is 6.77. The molecule has 0 unspecified atom stereocenters. The molecule has 0 bridgehead atoms. The molecular formula is C13H16O3. The second-order valence-electron chi connectivity index (χ2n) is 3.81. The summed E-state index contributed by atoms with van der Waals surface area (Å²) in [7, 11) is 0. The Morgan fingerprint density at radius 2 is 1.81 bits per heavy atom. The number of carbonyl (C=O) groups excluding carboxylic acids is 1. The summed E-state index contributed by atoms with van der Waals surface area (Å²) in [4.78, 5) is 20.7. The zero-order valence-corrected chi connectivity index (χ0v) is 9.19. The minimum atomic E-state index is -0.727. The normalized spacial score (nSPS) is 10.0.